The lowest BCUT2D eigenvalue weighted by molar-refractivity contribution is 0.146. The highest BCUT2D eigenvalue weighted by Crippen LogP contribution is 2.56. The second-order valence-corrected chi connectivity index (χ2v) is 5.33. The molecular weight excluding hydrogens is 284 g/mol. The molecule has 1 aliphatic rings. The highest BCUT2D eigenvalue weighted by Gasteiger charge is 2.60. The van der Waals surface area contributed by atoms with Crippen LogP contribution in [0.15, 0.2) is 11.1 Å². The van der Waals surface area contributed by atoms with Crippen LogP contribution in [0.3, 0.4) is 0 Å². The van der Waals surface area contributed by atoms with E-state index in [0.717, 1.165) is 6.08 Å². The van der Waals surface area contributed by atoms with Crippen LogP contribution < -0.4 is 0 Å². The molecule has 2 unspecified atom stereocenters. The third-order valence-corrected chi connectivity index (χ3v) is 3.38. The number of carbonyl (C=O) groups is 1. The third kappa shape index (κ3) is 2.99. The number of hydrogen-bond donors (Lipinski definition) is 0. The van der Waals surface area contributed by atoms with Crippen molar-refractivity contribution in [2.45, 2.75) is 25.3 Å². The minimum atomic E-state index is -3.60. The van der Waals surface area contributed by atoms with Gasteiger partial charge in [-0.15, -0.1) is 0 Å². The van der Waals surface area contributed by atoms with Crippen molar-refractivity contribution in [2.75, 3.05) is 0 Å². The van der Waals surface area contributed by atoms with E-state index in [-0.39, 0.29) is 0 Å². The zero-order valence-corrected chi connectivity index (χ0v) is 10.7. The zero-order chi connectivity index (χ0) is 12.7. The van der Waals surface area contributed by atoms with Gasteiger partial charge in [-0.25, -0.2) is 4.79 Å². The first-order valence-corrected chi connectivity index (χ1v) is 5.51. The van der Waals surface area contributed by atoms with Crippen LogP contribution in [0.2, 0.25) is 0 Å². The number of halogens is 5. The summed E-state index contributed by atoms with van der Waals surface area (Å²) in [5.74, 6) is -0.410. The number of ether oxygens (including phenoxy) is 1. The Morgan fingerprint density at radius 3 is 2.31 bits per heavy atom. The Bertz CT molecular complexity index is 336. The summed E-state index contributed by atoms with van der Waals surface area (Å²) in [5.41, 5.74) is -1.44. The van der Waals surface area contributed by atoms with Crippen LogP contribution in [0.4, 0.5) is 13.6 Å². The quantitative estimate of drug-likeness (QED) is 0.571. The molecule has 0 saturated heterocycles. The van der Waals surface area contributed by atoms with E-state index in [1.165, 1.54) is 0 Å². The van der Waals surface area contributed by atoms with Crippen molar-refractivity contribution in [3.8, 4) is 0 Å². The Labute approximate surface area is 106 Å². The molecule has 1 fully saturated rings. The third-order valence-electron chi connectivity index (χ3n) is 2.63. The van der Waals surface area contributed by atoms with Crippen molar-refractivity contribution in [3.63, 3.8) is 0 Å². The van der Waals surface area contributed by atoms with E-state index >= 15 is 0 Å². The van der Waals surface area contributed by atoms with Gasteiger partial charge < -0.3 is 4.74 Å². The number of carbonyl (C=O) groups excluding carboxylic acids is 1. The summed E-state index contributed by atoms with van der Waals surface area (Å²) >= 11 is 15.1. The molecule has 7 heteroatoms. The molecule has 1 saturated carbocycles. The van der Waals surface area contributed by atoms with Gasteiger partial charge >= 0.3 is 10.8 Å². The molecule has 0 N–H and O–H groups in total. The smallest absolute Gasteiger partial charge is 0.404 e. The first-order chi connectivity index (χ1) is 7.06. The second-order valence-electron chi connectivity index (χ2n) is 4.14. The number of rotatable bonds is 3. The molecule has 0 aliphatic heterocycles. The van der Waals surface area contributed by atoms with Crippen LogP contribution in [0.25, 0.3) is 0 Å². The van der Waals surface area contributed by atoms with Gasteiger partial charge in [0.1, 0.15) is 6.10 Å². The van der Waals surface area contributed by atoms with Crippen molar-refractivity contribution < 1.29 is 18.3 Å². The minimum absolute atomic E-state index is 0.410. The second kappa shape index (κ2) is 4.31. The molecule has 0 bridgehead atoms. The molecule has 2 nitrogen and oxygen atoms in total. The highest BCUT2D eigenvalue weighted by atomic mass is 35.5. The molecule has 0 heterocycles. The summed E-state index contributed by atoms with van der Waals surface area (Å²) < 4.78 is 29.9. The number of allylic oxidation sites excluding steroid dienone is 1. The Balaban J connectivity index is 2.74. The van der Waals surface area contributed by atoms with Crippen LogP contribution >= 0.6 is 34.8 Å². The fraction of sp³-hybridized carbons (Fsp3) is 0.667. The van der Waals surface area contributed by atoms with Crippen molar-refractivity contribution >= 4 is 40.2 Å². The fourth-order valence-electron chi connectivity index (χ4n) is 1.51. The van der Waals surface area contributed by atoms with Gasteiger partial charge in [0.25, 0.3) is 0 Å². The molecule has 16 heavy (non-hydrogen) atoms. The van der Waals surface area contributed by atoms with Crippen molar-refractivity contribution in [2.24, 2.45) is 11.3 Å². The molecule has 1 aliphatic carbocycles. The van der Waals surface area contributed by atoms with Gasteiger partial charge in [0.05, 0.1) is 5.03 Å². The first kappa shape index (κ1) is 14.0. The standard InChI is InChI=1S/C9H9Cl3F2O2/c1-8(2)4(6(8)16-7(11)15)3-5(10)9(12,13)14/h3-4,6H,1-2H3. The summed E-state index contributed by atoms with van der Waals surface area (Å²) in [6.07, 6.45) is 0.546. The van der Waals surface area contributed by atoms with E-state index in [1.807, 2.05) is 0 Å². The predicted molar refractivity (Wildman–Crippen MR) is 58.1 cm³/mol. The lowest BCUT2D eigenvalue weighted by Gasteiger charge is -2.05. The highest BCUT2D eigenvalue weighted by molar-refractivity contribution is 6.61. The molecule has 92 valence electrons. The van der Waals surface area contributed by atoms with Crippen LogP contribution in [0.1, 0.15) is 13.8 Å². The Kier molecular flexibility index (Phi) is 3.78. The van der Waals surface area contributed by atoms with E-state index in [1.54, 1.807) is 13.8 Å². The fourth-order valence-corrected chi connectivity index (χ4v) is 1.80. The minimum Gasteiger partial charge on any atom is -0.449 e. The Morgan fingerprint density at radius 2 is 1.94 bits per heavy atom. The average Bonchev–Trinajstić information content (AvgIpc) is 2.53. The topological polar surface area (TPSA) is 26.3 Å². The van der Waals surface area contributed by atoms with Crippen molar-refractivity contribution in [3.05, 3.63) is 11.1 Å². The van der Waals surface area contributed by atoms with Gasteiger partial charge in [-0.3, -0.25) is 0 Å². The molecule has 0 amide bonds. The summed E-state index contributed by atoms with van der Waals surface area (Å²) in [6.45, 7) is 3.49. The number of alkyl halides is 3. The van der Waals surface area contributed by atoms with Crippen LogP contribution in [0.5, 0.6) is 0 Å². The first-order valence-electron chi connectivity index (χ1n) is 4.37. The number of hydrogen-bond acceptors (Lipinski definition) is 2. The van der Waals surface area contributed by atoms with Gasteiger partial charge in [0.2, 0.25) is 0 Å². The molecule has 2 atom stereocenters. The Morgan fingerprint density at radius 1 is 1.44 bits per heavy atom. The molecule has 0 aromatic rings. The van der Waals surface area contributed by atoms with Gasteiger partial charge in [-0.2, -0.15) is 8.78 Å². The van der Waals surface area contributed by atoms with Gasteiger partial charge in [-0.1, -0.05) is 31.5 Å². The van der Waals surface area contributed by atoms with E-state index in [9.17, 15) is 13.6 Å². The van der Waals surface area contributed by atoms with E-state index < -0.39 is 33.3 Å². The largest absolute Gasteiger partial charge is 0.449 e. The summed E-state index contributed by atoms with van der Waals surface area (Å²) in [5, 5.41) is -4.38. The average molecular weight is 294 g/mol. The molecule has 0 radical (unpaired) electrons. The summed E-state index contributed by atoms with van der Waals surface area (Å²) in [7, 11) is 0. The van der Waals surface area contributed by atoms with Crippen LogP contribution in [-0.4, -0.2) is 16.9 Å². The predicted octanol–water partition coefficient (Wildman–Crippen LogP) is 4.34. The van der Waals surface area contributed by atoms with Crippen LogP contribution in [-0.2, 0) is 4.74 Å². The molecular formula is C9H9Cl3F2O2. The molecule has 0 aromatic heterocycles. The lowest BCUT2D eigenvalue weighted by atomic mass is 10.1. The lowest BCUT2D eigenvalue weighted by Crippen LogP contribution is -2.06. The summed E-state index contributed by atoms with van der Waals surface area (Å²) in [4.78, 5) is 10.5. The normalized spacial score (nSPS) is 28.8. The summed E-state index contributed by atoms with van der Waals surface area (Å²) in [6, 6.07) is 0. The van der Waals surface area contributed by atoms with Gasteiger partial charge in [0.15, 0.2) is 0 Å². The van der Waals surface area contributed by atoms with Crippen LogP contribution in [0, 0.1) is 11.3 Å². The molecule has 0 spiro atoms. The monoisotopic (exact) mass is 292 g/mol. The van der Waals surface area contributed by atoms with E-state index in [4.69, 9.17) is 39.5 Å². The Hall–Kier alpha value is -0.0600. The molecule has 0 aromatic carbocycles. The van der Waals surface area contributed by atoms with E-state index in [0.29, 0.717) is 0 Å². The maximum Gasteiger partial charge on any atom is 0.404 e. The maximum atomic E-state index is 12.6. The zero-order valence-electron chi connectivity index (χ0n) is 8.44. The van der Waals surface area contributed by atoms with Gasteiger partial charge in [0, 0.05) is 22.9 Å². The van der Waals surface area contributed by atoms with E-state index in [2.05, 4.69) is 0 Å². The van der Waals surface area contributed by atoms with Gasteiger partial charge in [-0.05, 0) is 11.6 Å². The maximum absolute atomic E-state index is 12.6. The SMILES string of the molecule is CC1(C)C(C=C(Cl)C(F)(F)Cl)C1OC(=O)Cl. The van der Waals surface area contributed by atoms with Crippen molar-refractivity contribution in [1.29, 1.82) is 0 Å². The molecule has 1 rings (SSSR count). The van der Waals surface area contributed by atoms with Crippen molar-refractivity contribution in [1.82, 2.24) is 0 Å².